The van der Waals surface area contributed by atoms with E-state index in [-0.39, 0.29) is 0 Å². The lowest BCUT2D eigenvalue weighted by atomic mass is 10.0. The van der Waals surface area contributed by atoms with Crippen LogP contribution in [0.5, 0.6) is 0 Å². The van der Waals surface area contributed by atoms with Gasteiger partial charge in [0, 0.05) is 17.6 Å². The van der Waals surface area contributed by atoms with E-state index in [9.17, 15) is 0 Å². The fourth-order valence-electron chi connectivity index (χ4n) is 3.61. The Kier molecular flexibility index (Phi) is 6.82. The van der Waals surface area contributed by atoms with Crippen molar-refractivity contribution in [3.8, 4) is 17.2 Å². The second kappa shape index (κ2) is 10.1. The van der Waals surface area contributed by atoms with Gasteiger partial charge in [0.1, 0.15) is 5.82 Å². The highest BCUT2D eigenvalue weighted by molar-refractivity contribution is 5.93. The number of nitriles is 1. The molecule has 4 rings (SSSR count). The Bertz CT molecular complexity index is 1270. The molecular formula is C27H28N6. The van der Waals surface area contributed by atoms with Crippen molar-refractivity contribution < 1.29 is 0 Å². The quantitative estimate of drug-likeness (QED) is 0.351. The van der Waals surface area contributed by atoms with Gasteiger partial charge in [-0.1, -0.05) is 35.9 Å². The van der Waals surface area contributed by atoms with Crippen molar-refractivity contribution in [1.82, 2.24) is 14.9 Å². The second-order valence-corrected chi connectivity index (χ2v) is 8.39. The second-order valence-electron chi connectivity index (χ2n) is 8.39. The molecule has 6 nitrogen and oxygen atoms in total. The van der Waals surface area contributed by atoms with Gasteiger partial charge in [-0.15, -0.1) is 0 Å². The summed E-state index contributed by atoms with van der Waals surface area (Å²) in [4.78, 5) is 11.8. The molecule has 0 saturated heterocycles. The fraction of sp³-hybridized carbons (Fsp3) is 0.222. The normalized spacial score (nSPS) is 10.9. The highest BCUT2D eigenvalue weighted by Gasteiger charge is 2.10. The van der Waals surface area contributed by atoms with Crippen LogP contribution in [0, 0.1) is 18.3 Å². The zero-order valence-corrected chi connectivity index (χ0v) is 19.3. The summed E-state index contributed by atoms with van der Waals surface area (Å²) >= 11 is 0. The van der Waals surface area contributed by atoms with Gasteiger partial charge in [-0.25, -0.2) is 4.98 Å². The van der Waals surface area contributed by atoms with Gasteiger partial charge >= 0.3 is 0 Å². The summed E-state index contributed by atoms with van der Waals surface area (Å²) in [5.74, 6) is 1.37. The molecule has 0 aliphatic carbocycles. The molecule has 0 fully saturated rings. The summed E-state index contributed by atoms with van der Waals surface area (Å²) in [6, 6.07) is 24.2. The molecule has 0 spiro atoms. The van der Waals surface area contributed by atoms with Crippen LogP contribution in [-0.4, -0.2) is 42.1 Å². The Labute approximate surface area is 194 Å². The number of hydrogen-bond donors (Lipinski definition) is 2. The number of hydrogen-bond acceptors (Lipinski definition) is 6. The van der Waals surface area contributed by atoms with E-state index in [1.54, 1.807) is 0 Å². The SMILES string of the molecule is Cc1ccc(Nc2nc(NCCCN(C)C)c3ccc(-c4ccc(C#N)cc4)cc3n2)cc1. The van der Waals surface area contributed by atoms with Crippen molar-refractivity contribution in [2.45, 2.75) is 13.3 Å². The van der Waals surface area contributed by atoms with E-state index in [1.165, 1.54) is 5.56 Å². The first-order chi connectivity index (χ1) is 16.0. The predicted molar refractivity (Wildman–Crippen MR) is 136 cm³/mol. The van der Waals surface area contributed by atoms with E-state index in [2.05, 4.69) is 73.0 Å². The van der Waals surface area contributed by atoms with Crippen LogP contribution in [0.15, 0.2) is 66.7 Å². The van der Waals surface area contributed by atoms with Gasteiger partial charge in [0.15, 0.2) is 0 Å². The molecule has 0 bridgehead atoms. The minimum atomic E-state index is 0.554. The Morgan fingerprint density at radius 1 is 0.909 bits per heavy atom. The maximum atomic E-state index is 9.07. The van der Waals surface area contributed by atoms with Crippen molar-refractivity contribution in [3.05, 3.63) is 77.9 Å². The van der Waals surface area contributed by atoms with Crippen LogP contribution in [0.2, 0.25) is 0 Å². The third-order valence-electron chi connectivity index (χ3n) is 5.43. The van der Waals surface area contributed by atoms with Crippen LogP contribution in [0.4, 0.5) is 17.5 Å². The summed E-state index contributed by atoms with van der Waals surface area (Å²) in [5.41, 5.74) is 5.75. The first kappa shape index (κ1) is 22.3. The zero-order valence-electron chi connectivity index (χ0n) is 19.3. The van der Waals surface area contributed by atoms with E-state index in [0.717, 1.165) is 53.0 Å². The van der Waals surface area contributed by atoms with Crippen LogP contribution in [0.25, 0.3) is 22.0 Å². The zero-order chi connectivity index (χ0) is 23.2. The average Bonchev–Trinajstić information content (AvgIpc) is 2.82. The molecule has 0 unspecified atom stereocenters. The van der Waals surface area contributed by atoms with E-state index < -0.39 is 0 Å². The molecule has 3 aromatic carbocycles. The smallest absolute Gasteiger partial charge is 0.229 e. The molecule has 6 heteroatoms. The number of aryl methyl sites for hydroxylation is 1. The Morgan fingerprint density at radius 2 is 1.64 bits per heavy atom. The molecule has 1 aromatic heterocycles. The van der Waals surface area contributed by atoms with E-state index in [1.807, 2.05) is 36.4 Å². The standard InChI is InChI=1S/C27H28N6/c1-19-5-12-23(13-6-19)30-27-31-25-17-22(21-9-7-20(18-28)8-10-21)11-14-24(25)26(32-27)29-15-4-16-33(2)3/h5-14,17H,4,15-16H2,1-3H3,(H2,29,30,31,32). The summed E-state index contributed by atoms with van der Waals surface area (Å²) < 4.78 is 0. The van der Waals surface area contributed by atoms with Gasteiger partial charge in [0.2, 0.25) is 5.95 Å². The molecule has 0 aliphatic heterocycles. The summed E-state index contributed by atoms with van der Waals surface area (Å²) in [6.07, 6.45) is 1.02. The summed E-state index contributed by atoms with van der Waals surface area (Å²) in [6.45, 7) is 3.90. The third kappa shape index (κ3) is 5.65. The van der Waals surface area contributed by atoms with Crippen molar-refractivity contribution >= 4 is 28.4 Å². The van der Waals surface area contributed by atoms with Gasteiger partial charge in [-0.2, -0.15) is 10.2 Å². The third-order valence-corrected chi connectivity index (χ3v) is 5.43. The fourth-order valence-corrected chi connectivity index (χ4v) is 3.61. The minimum Gasteiger partial charge on any atom is -0.369 e. The van der Waals surface area contributed by atoms with E-state index >= 15 is 0 Å². The van der Waals surface area contributed by atoms with Crippen molar-refractivity contribution in [2.75, 3.05) is 37.8 Å². The Hall–Kier alpha value is -3.95. The van der Waals surface area contributed by atoms with Gasteiger partial charge < -0.3 is 15.5 Å². The average molecular weight is 437 g/mol. The molecule has 166 valence electrons. The molecular weight excluding hydrogens is 408 g/mol. The predicted octanol–water partition coefficient (Wildman–Crippen LogP) is 5.58. The van der Waals surface area contributed by atoms with Crippen LogP contribution < -0.4 is 10.6 Å². The molecule has 4 aromatic rings. The number of anilines is 3. The molecule has 1 heterocycles. The largest absolute Gasteiger partial charge is 0.369 e. The lowest BCUT2D eigenvalue weighted by Crippen LogP contribution is -2.17. The van der Waals surface area contributed by atoms with Crippen molar-refractivity contribution in [3.63, 3.8) is 0 Å². The molecule has 0 amide bonds. The van der Waals surface area contributed by atoms with Crippen molar-refractivity contribution in [2.24, 2.45) is 0 Å². The number of aromatic nitrogens is 2. The first-order valence-electron chi connectivity index (χ1n) is 11.1. The maximum Gasteiger partial charge on any atom is 0.229 e. The Morgan fingerprint density at radius 3 is 2.33 bits per heavy atom. The molecule has 0 atom stereocenters. The molecule has 0 aliphatic rings. The van der Waals surface area contributed by atoms with Gasteiger partial charge in [-0.05, 0) is 81.5 Å². The lowest BCUT2D eigenvalue weighted by Gasteiger charge is -2.14. The monoisotopic (exact) mass is 436 g/mol. The Balaban J connectivity index is 1.69. The van der Waals surface area contributed by atoms with Crippen LogP contribution in [0.1, 0.15) is 17.5 Å². The van der Waals surface area contributed by atoms with Crippen molar-refractivity contribution in [1.29, 1.82) is 5.26 Å². The molecule has 2 N–H and O–H groups in total. The lowest BCUT2D eigenvalue weighted by molar-refractivity contribution is 0.405. The first-order valence-corrected chi connectivity index (χ1v) is 11.1. The highest BCUT2D eigenvalue weighted by atomic mass is 15.1. The number of rotatable bonds is 8. The van der Waals surface area contributed by atoms with Crippen LogP contribution in [-0.2, 0) is 0 Å². The van der Waals surface area contributed by atoms with Crippen LogP contribution in [0.3, 0.4) is 0 Å². The highest BCUT2D eigenvalue weighted by Crippen LogP contribution is 2.29. The minimum absolute atomic E-state index is 0.554. The van der Waals surface area contributed by atoms with Crippen LogP contribution >= 0.6 is 0 Å². The summed E-state index contributed by atoms with van der Waals surface area (Å²) in [5, 5.41) is 16.9. The molecule has 33 heavy (non-hydrogen) atoms. The maximum absolute atomic E-state index is 9.07. The molecule has 0 saturated carbocycles. The van der Waals surface area contributed by atoms with E-state index in [0.29, 0.717) is 11.5 Å². The number of nitrogens with one attached hydrogen (secondary N) is 2. The summed E-state index contributed by atoms with van der Waals surface area (Å²) in [7, 11) is 4.16. The number of fused-ring (bicyclic) bond motifs is 1. The molecule has 0 radical (unpaired) electrons. The van der Waals surface area contributed by atoms with Gasteiger partial charge in [0.25, 0.3) is 0 Å². The number of benzene rings is 3. The van der Waals surface area contributed by atoms with E-state index in [4.69, 9.17) is 15.2 Å². The number of nitrogens with zero attached hydrogens (tertiary/aromatic N) is 4. The van der Waals surface area contributed by atoms with Gasteiger partial charge in [-0.3, -0.25) is 0 Å². The van der Waals surface area contributed by atoms with Gasteiger partial charge in [0.05, 0.1) is 17.1 Å². The topological polar surface area (TPSA) is 76.9 Å².